The zero-order valence-corrected chi connectivity index (χ0v) is 20.1. The molecule has 1 aromatic rings. The molecule has 1 saturated heterocycles. The molecule has 1 aromatic carbocycles. The monoisotopic (exact) mass is 476 g/mol. The van der Waals surface area contributed by atoms with Gasteiger partial charge in [-0.05, 0) is 33.3 Å². The zero-order valence-electron chi connectivity index (χ0n) is 20.1. The van der Waals surface area contributed by atoms with Crippen LogP contribution in [0.2, 0.25) is 0 Å². The third-order valence-corrected chi connectivity index (χ3v) is 5.13. The molecule has 186 valence electrons. The maximum atomic E-state index is 13.8. The van der Waals surface area contributed by atoms with E-state index in [0.717, 1.165) is 6.42 Å². The molecule has 9 nitrogen and oxygen atoms in total. The third-order valence-electron chi connectivity index (χ3n) is 5.13. The fourth-order valence-corrected chi connectivity index (χ4v) is 3.53. The summed E-state index contributed by atoms with van der Waals surface area (Å²) in [4.78, 5) is 38.7. The number of hydrogen-bond donors (Lipinski definition) is 2. The number of alkyl halides is 1. The predicted octanol–water partition coefficient (Wildman–Crippen LogP) is 4.28. The van der Waals surface area contributed by atoms with Crippen molar-refractivity contribution < 1.29 is 28.2 Å². The van der Waals surface area contributed by atoms with Crippen molar-refractivity contribution in [1.29, 1.82) is 5.26 Å². The number of nitriles is 1. The van der Waals surface area contributed by atoms with Crippen LogP contribution in [0.3, 0.4) is 0 Å². The van der Waals surface area contributed by atoms with Gasteiger partial charge < -0.3 is 19.7 Å². The topological polar surface area (TPSA) is 121 Å². The van der Waals surface area contributed by atoms with Gasteiger partial charge in [-0.2, -0.15) is 5.26 Å². The van der Waals surface area contributed by atoms with E-state index in [0.29, 0.717) is 24.1 Å². The van der Waals surface area contributed by atoms with E-state index in [9.17, 15) is 24.0 Å². The normalized spacial score (nSPS) is 18.5. The Bertz CT molecular complexity index is 911. The van der Waals surface area contributed by atoms with E-state index >= 15 is 0 Å². The molecule has 1 heterocycles. The fourth-order valence-electron chi connectivity index (χ4n) is 3.53. The van der Waals surface area contributed by atoms with Gasteiger partial charge in [-0.15, -0.1) is 0 Å². The molecule has 0 bridgehead atoms. The molecule has 1 aliphatic heterocycles. The van der Waals surface area contributed by atoms with Crippen LogP contribution in [-0.2, 0) is 20.9 Å². The quantitative estimate of drug-likeness (QED) is 0.578. The maximum Gasteiger partial charge on any atom is 0.412 e. The first-order chi connectivity index (χ1) is 16.0. The highest BCUT2D eigenvalue weighted by Crippen LogP contribution is 2.22. The largest absolute Gasteiger partial charge is 0.445 e. The lowest BCUT2D eigenvalue weighted by molar-refractivity contribution is -0.133. The average molecular weight is 477 g/mol. The Kier molecular flexibility index (Phi) is 9.66. The molecule has 10 heteroatoms. The second-order valence-electron chi connectivity index (χ2n) is 9.17. The van der Waals surface area contributed by atoms with Crippen LogP contribution in [0, 0.1) is 11.3 Å². The van der Waals surface area contributed by atoms with Crippen LogP contribution >= 0.6 is 0 Å². The van der Waals surface area contributed by atoms with E-state index in [4.69, 9.17) is 9.47 Å². The summed E-state index contributed by atoms with van der Waals surface area (Å²) in [7, 11) is 0. The number of hydrogen-bond acceptors (Lipinski definition) is 6. The smallest absolute Gasteiger partial charge is 0.412 e. The molecule has 1 unspecified atom stereocenters. The number of nitrogens with zero attached hydrogens (tertiary/aromatic N) is 2. The van der Waals surface area contributed by atoms with Crippen LogP contribution in [0.15, 0.2) is 24.3 Å². The number of carbonyl (C=O) groups is 3. The van der Waals surface area contributed by atoms with Gasteiger partial charge in [0.1, 0.15) is 30.5 Å². The SMILES string of the molecule is CCCCC(NC(=O)OCc1ccccc1NC(=O)OC(C)(C)C)C(=O)N1C[C@@H](F)C[C@H]1C#N. The molecule has 3 atom stereocenters. The summed E-state index contributed by atoms with van der Waals surface area (Å²) >= 11 is 0. The number of alkyl carbamates (subject to hydrolysis) is 1. The van der Waals surface area contributed by atoms with E-state index in [2.05, 4.69) is 10.6 Å². The molecule has 2 N–H and O–H groups in total. The second kappa shape index (κ2) is 12.2. The molecule has 1 fully saturated rings. The Labute approximate surface area is 199 Å². The zero-order chi connectivity index (χ0) is 25.3. The molecule has 3 amide bonds. The highest BCUT2D eigenvalue weighted by atomic mass is 19.1. The minimum Gasteiger partial charge on any atom is -0.445 e. The van der Waals surface area contributed by atoms with E-state index < -0.39 is 42.0 Å². The summed E-state index contributed by atoms with van der Waals surface area (Å²) in [5.74, 6) is -0.496. The van der Waals surface area contributed by atoms with Crippen LogP contribution in [0.5, 0.6) is 0 Å². The number of amides is 3. The van der Waals surface area contributed by atoms with E-state index in [1.165, 1.54) is 4.90 Å². The predicted molar refractivity (Wildman–Crippen MR) is 124 cm³/mol. The van der Waals surface area contributed by atoms with Crippen LogP contribution in [0.25, 0.3) is 0 Å². The van der Waals surface area contributed by atoms with Crippen molar-refractivity contribution >= 4 is 23.8 Å². The molecule has 0 aliphatic carbocycles. The van der Waals surface area contributed by atoms with Crippen LogP contribution < -0.4 is 10.6 Å². The van der Waals surface area contributed by atoms with E-state index in [1.807, 2.05) is 13.0 Å². The van der Waals surface area contributed by atoms with Gasteiger partial charge >= 0.3 is 12.2 Å². The van der Waals surface area contributed by atoms with Crippen molar-refractivity contribution in [3.05, 3.63) is 29.8 Å². The van der Waals surface area contributed by atoms with E-state index in [1.54, 1.807) is 45.0 Å². The molecule has 0 aromatic heterocycles. The Morgan fingerprint density at radius 1 is 1.26 bits per heavy atom. The van der Waals surface area contributed by atoms with Gasteiger partial charge in [0.15, 0.2) is 0 Å². The lowest BCUT2D eigenvalue weighted by Gasteiger charge is -2.26. The number of likely N-dealkylation sites (tertiary alicyclic amines) is 1. The minimum absolute atomic E-state index is 0.0331. The van der Waals surface area contributed by atoms with Crippen molar-refractivity contribution in [2.45, 2.75) is 83.8 Å². The summed E-state index contributed by atoms with van der Waals surface area (Å²) in [6.07, 6.45) is -0.978. The lowest BCUT2D eigenvalue weighted by Crippen LogP contribution is -2.50. The Morgan fingerprint density at radius 3 is 2.62 bits per heavy atom. The molecule has 0 spiro atoms. The molecule has 2 rings (SSSR count). The summed E-state index contributed by atoms with van der Waals surface area (Å²) in [6.45, 7) is 6.86. The number of rotatable bonds is 8. The van der Waals surface area contributed by atoms with E-state index in [-0.39, 0.29) is 19.6 Å². The van der Waals surface area contributed by atoms with Gasteiger partial charge in [-0.1, -0.05) is 38.0 Å². The Balaban J connectivity index is 2.01. The van der Waals surface area contributed by atoms with Crippen molar-refractivity contribution in [1.82, 2.24) is 10.2 Å². The van der Waals surface area contributed by atoms with Gasteiger partial charge in [-0.3, -0.25) is 10.1 Å². The van der Waals surface area contributed by atoms with Gasteiger partial charge in [0.25, 0.3) is 0 Å². The highest BCUT2D eigenvalue weighted by Gasteiger charge is 2.38. The number of ether oxygens (including phenoxy) is 2. The second-order valence-corrected chi connectivity index (χ2v) is 9.17. The van der Waals surface area contributed by atoms with Gasteiger partial charge in [0.05, 0.1) is 18.3 Å². The summed E-state index contributed by atoms with van der Waals surface area (Å²) in [6, 6.07) is 6.95. The third kappa shape index (κ3) is 8.21. The number of para-hydroxylation sites is 1. The Hall–Kier alpha value is -3.35. The highest BCUT2D eigenvalue weighted by molar-refractivity contribution is 5.87. The standard InChI is InChI=1S/C24H33FN4O5/c1-5-6-10-20(21(30)29-14-17(25)12-18(29)13-26)28-22(31)33-15-16-9-7-8-11-19(16)27-23(32)34-24(2,3)4/h7-9,11,17-18,20H,5-6,10,12,14-15H2,1-4H3,(H,27,32)(H,28,31)/t17-,18-,20?/m0/s1. The first-order valence-corrected chi connectivity index (χ1v) is 11.4. The first-order valence-electron chi connectivity index (χ1n) is 11.4. The molecular weight excluding hydrogens is 443 g/mol. The number of halogens is 1. The van der Waals surface area contributed by atoms with Crippen LogP contribution in [-0.4, -0.2) is 53.4 Å². The summed E-state index contributed by atoms with van der Waals surface area (Å²) < 4.78 is 24.3. The van der Waals surface area contributed by atoms with Crippen LogP contribution in [0.4, 0.5) is 19.7 Å². The maximum absolute atomic E-state index is 13.8. The number of benzene rings is 1. The molecule has 34 heavy (non-hydrogen) atoms. The van der Waals surface area contributed by atoms with Gasteiger partial charge in [-0.25, -0.2) is 14.0 Å². The van der Waals surface area contributed by atoms with Crippen molar-refractivity contribution in [2.24, 2.45) is 0 Å². The van der Waals surface area contributed by atoms with Gasteiger partial charge in [0.2, 0.25) is 5.91 Å². The average Bonchev–Trinajstić information content (AvgIpc) is 3.15. The number of unbranched alkanes of at least 4 members (excludes halogenated alkanes) is 1. The fraction of sp³-hybridized carbons (Fsp3) is 0.583. The molecule has 0 radical (unpaired) electrons. The first kappa shape index (κ1) is 26.9. The number of anilines is 1. The molecular formula is C24H33FN4O5. The summed E-state index contributed by atoms with van der Waals surface area (Å²) in [5.41, 5.74) is 0.285. The van der Waals surface area contributed by atoms with Gasteiger partial charge in [0, 0.05) is 12.0 Å². The van der Waals surface area contributed by atoms with Crippen molar-refractivity contribution in [3.63, 3.8) is 0 Å². The molecule has 0 saturated carbocycles. The number of carbonyl (C=O) groups excluding carboxylic acids is 3. The number of nitrogens with one attached hydrogen (secondary N) is 2. The minimum atomic E-state index is -1.26. The Morgan fingerprint density at radius 2 is 1.97 bits per heavy atom. The van der Waals surface area contributed by atoms with Crippen molar-refractivity contribution in [3.8, 4) is 6.07 Å². The lowest BCUT2D eigenvalue weighted by atomic mass is 10.1. The van der Waals surface area contributed by atoms with Crippen LogP contribution in [0.1, 0.15) is 58.9 Å². The van der Waals surface area contributed by atoms with Crippen molar-refractivity contribution in [2.75, 3.05) is 11.9 Å². The summed E-state index contributed by atoms with van der Waals surface area (Å²) in [5, 5.41) is 14.4. The molecule has 1 aliphatic rings.